The molecule has 1 amide bonds. The Hall–Kier alpha value is -1.08. The van der Waals surface area contributed by atoms with Crippen LogP contribution in [0.5, 0.6) is 0 Å². The topological polar surface area (TPSA) is 47.3 Å². The quantitative estimate of drug-likeness (QED) is 0.669. The molecule has 0 saturated carbocycles. The van der Waals surface area contributed by atoms with Gasteiger partial charge in [0.05, 0.1) is 12.0 Å². The van der Waals surface area contributed by atoms with E-state index in [9.17, 15) is 4.79 Å². The second-order valence-corrected chi connectivity index (χ2v) is 3.90. The van der Waals surface area contributed by atoms with Gasteiger partial charge in [-0.2, -0.15) is 5.26 Å². The van der Waals surface area contributed by atoms with Gasteiger partial charge in [-0.1, -0.05) is 13.8 Å². The van der Waals surface area contributed by atoms with Crippen LogP contribution in [0.3, 0.4) is 0 Å². The molecule has 4 heteroatoms. The fraction of sp³-hybridized carbons (Fsp3) is 0.818. The van der Waals surface area contributed by atoms with Crippen molar-refractivity contribution in [3.05, 3.63) is 0 Å². The van der Waals surface area contributed by atoms with E-state index >= 15 is 0 Å². The van der Waals surface area contributed by atoms with Gasteiger partial charge in [0.15, 0.2) is 0 Å². The van der Waals surface area contributed by atoms with Gasteiger partial charge in [0.1, 0.15) is 0 Å². The standard InChI is InChI=1S/C11H19N3O/c1-3-13(4-2)5-6-14-9-10(8-12)7-11(14)15/h10H,3-7,9H2,1-2H3. The van der Waals surface area contributed by atoms with Crippen molar-refractivity contribution in [1.29, 1.82) is 5.26 Å². The average Bonchev–Trinajstić information content (AvgIpc) is 2.61. The van der Waals surface area contributed by atoms with E-state index in [0.717, 1.165) is 26.2 Å². The van der Waals surface area contributed by atoms with Gasteiger partial charge in [0.25, 0.3) is 0 Å². The maximum Gasteiger partial charge on any atom is 0.224 e. The molecule has 1 aliphatic rings. The minimum atomic E-state index is -0.0887. The van der Waals surface area contributed by atoms with Crippen LogP contribution in [0.25, 0.3) is 0 Å². The Morgan fingerprint density at radius 3 is 2.67 bits per heavy atom. The summed E-state index contributed by atoms with van der Waals surface area (Å²) in [6, 6.07) is 2.16. The first-order chi connectivity index (χ1) is 7.21. The van der Waals surface area contributed by atoms with Crippen molar-refractivity contribution in [2.75, 3.05) is 32.7 Å². The van der Waals surface area contributed by atoms with E-state index in [1.807, 2.05) is 4.90 Å². The molecule has 0 radical (unpaired) electrons. The number of hydrogen-bond donors (Lipinski definition) is 0. The monoisotopic (exact) mass is 209 g/mol. The molecule has 4 nitrogen and oxygen atoms in total. The van der Waals surface area contributed by atoms with Crippen molar-refractivity contribution in [2.24, 2.45) is 5.92 Å². The molecule has 1 aliphatic heterocycles. The summed E-state index contributed by atoms with van der Waals surface area (Å²) < 4.78 is 0. The predicted molar refractivity (Wildman–Crippen MR) is 58.1 cm³/mol. The Morgan fingerprint density at radius 2 is 2.20 bits per heavy atom. The van der Waals surface area contributed by atoms with Crippen molar-refractivity contribution >= 4 is 5.91 Å². The summed E-state index contributed by atoms with van der Waals surface area (Å²) in [7, 11) is 0. The van der Waals surface area contributed by atoms with Gasteiger partial charge in [0, 0.05) is 26.1 Å². The third-order valence-corrected chi connectivity index (χ3v) is 2.98. The molecule has 84 valence electrons. The Morgan fingerprint density at radius 1 is 1.53 bits per heavy atom. The first kappa shape index (κ1) is 12.0. The highest BCUT2D eigenvalue weighted by molar-refractivity contribution is 5.79. The molecule has 0 aromatic carbocycles. The van der Waals surface area contributed by atoms with E-state index in [-0.39, 0.29) is 11.8 Å². The molecule has 1 rings (SSSR count). The maximum atomic E-state index is 11.5. The number of nitriles is 1. The minimum absolute atomic E-state index is 0.0887. The molecule has 1 fully saturated rings. The van der Waals surface area contributed by atoms with Gasteiger partial charge in [-0.05, 0) is 13.1 Å². The summed E-state index contributed by atoms with van der Waals surface area (Å²) in [4.78, 5) is 15.6. The first-order valence-corrected chi connectivity index (χ1v) is 5.61. The summed E-state index contributed by atoms with van der Waals surface area (Å²) >= 11 is 0. The third kappa shape index (κ3) is 3.21. The lowest BCUT2D eigenvalue weighted by molar-refractivity contribution is -0.127. The summed E-state index contributed by atoms with van der Waals surface area (Å²) in [5.74, 6) is 0.0444. The van der Waals surface area contributed by atoms with Gasteiger partial charge in [-0.3, -0.25) is 4.79 Å². The first-order valence-electron chi connectivity index (χ1n) is 5.61. The van der Waals surface area contributed by atoms with Gasteiger partial charge >= 0.3 is 0 Å². The van der Waals surface area contributed by atoms with Gasteiger partial charge in [0.2, 0.25) is 5.91 Å². The van der Waals surface area contributed by atoms with Crippen LogP contribution in [-0.2, 0) is 4.79 Å². The van der Waals surface area contributed by atoms with Crippen molar-refractivity contribution in [3.8, 4) is 6.07 Å². The second-order valence-electron chi connectivity index (χ2n) is 3.90. The minimum Gasteiger partial charge on any atom is -0.340 e. The number of rotatable bonds is 5. The van der Waals surface area contributed by atoms with Crippen LogP contribution in [0.4, 0.5) is 0 Å². The highest BCUT2D eigenvalue weighted by Crippen LogP contribution is 2.16. The number of nitrogens with zero attached hydrogens (tertiary/aromatic N) is 3. The highest BCUT2D eigenvalue weighted by Gasteiger charge is 2.28. The zero-order chi connectivity index (χ0) is 11.3. The molecule has 0 aromatic heterocycles. The van der Waals surface area contributed by atoms with Crippen molar-refractivity contribution in [1.82, 2.24) is 9.80 Å². The van der Waals surface area contributed by atoms with E-state index in [4.69, 9.17) is 5.26 Å². The molecule has 0 aliphatic carbocycles. The number of likely N-dealkylation sites (N-methyl/N-ethyl adjacent to an activating group) is 1. The predicted octanol–water partition coefficient (Wildman–Crippen LogP) is 0.700. The van der Waals surface area contributed by atoms with E-state index in [2.05, 4.69) is 24.8 Å². The maximum absolute atomic E-state index is 11.5. The van der Waals surface area contributed by atoms with Crippen molar-refractivity contribution in [3.63, 3.8) is 0 Å². The number of likely N-dealkylation sites (tertiary alicyclic amines) is 1. The Bertz CT molecular complexity index is 255. The number of hydrogen-bond acceptors (Lipinski definition) is 3. The summed E-state index contributed by atoms with van der Waals surface area (Å²) in [6.45, 7) is 8.56. The number of carbonyl (C=O) groups excluding carboxylic acids is 1. The Kier molecular flexibility index (Phi) is 4.57. The lowest BCUT2D eigenvalue weighted by Gasteiger charge is -2.22. The summed E-state index contributed by atoms with van der Waals surface area (Å²) in [5.41, 5.74) is 0. The van der Waals surface area contributed by atoms with Crippen molar-refractivity contribution < 1.29 is 4.79 Å². The summed E-state index contributed by atoms with van der Waals surface area (Å²) in [5, 5.41) is 8.73. The molecule has 1 heterocycles. The Balaban J connectivity index is 2.34. The normalized spacial score (nSPS) is 21.1. The molecule has 0 bridgehead atoms. The highest BCUT2D eigenvalue weighted by atomic mass is 16.2. The van der Waals surface area contributed by atoms with Crippen LogP contribution >= 0.6 is 0 Å². The van der Waals surface area contributed by atoms with Crippen LogP contribution < -0.4 is 0 Å². The molecular weight excluding hydrogens is 190 g/mol. The molecule has 1 saturated heterocycles. The zero-order valence-electron chi connectivity index (χ0n) is 9.57. The van der Waals surface area contributed by atoms with Crippen LogP contribution in [-0.4, -0.2) is 48.4 Å². The summed E-state index contributed by atoms with van der Waals surface area (Å²) in [6.07, 6.45) is 0.411. The van der Waals surface area contributed by atoms with Crippen LogP contribution in [0.2, 0.25) is 0 Å². The molecule has 0 aromatic rings. The zero-order valence-corrected chi connectivity index (χ0v) is 9.57. The van der Waals surface area contributed by atoms with E-state index < -0.39 is 0 Å². The molecule has 1 atom stereocenters. The smallest absolute Gasteiger partial charge is 0.224 e. The molecule has 15 heavy (non-hydrogen) atoms. The van der Waals surface area contributed by atoms with E-state index in [1.54, 1.807) is 0 Å². The molecule has 0 N–H and O–H groups in total. The van der Waals surface area contributed by atoms with Gasteiger partial charge in [-0.25, -0.2) is 0 Å². The van der Waals surface area contributed by atoms with E-state index in [0.29, 0.717) is 13.0 Å². The number of amides is 1. The van der Waals surface area contributed by atoms with E-state index in [1.165, 1.54) is 0 Å². The second kappa shape index (κ2) is 5.72. The average molecular weight is 209 g/mol. The van der Waals surface area contributed by atoms with Crippen LogP contribution in [0, 0.1) is 17.2 Å². The molecule has 0 spiro atoms. The lowest BCUT2D eigenvalue weighted by Crippen LogP contribution is -2.35. The lowest BCUT2D eigenvalue weighted by atomic mass is 10.1. The van der Waals surface area contributed by atoms with Crippen LogP contribution in [0.15, 0.2) is 0 Å². The third-order valence-electron chi connectivity index (χ3n) is 2.98. The van der Waals surface area contributed by atoms with Gasteiger partial charge in [-0.15, -0.1) is 0 Å². The largest absolute Gasteiger partial charge is 0.340 e. The fourth-order valence-electron chi connectivity index (χ4n) is 1.88. The Labute approximate surface area is 91.5 Å². The fourth-order valence-corrected chi connectivity index (χ4v) is 1.88. The molecular formula is C11H19N3O. The van der Waals surface area contributed by atoms with Gasteiger partial charge < -0.3 is 9.80 Å². The van der Waals surface area contributed by atoms with Crippen LogP contribution in [0.1, 0.15) is 20.3 Å². The number of carbonyl (C=O) groups is 1. The SMILES string of the molecule is CCN(CC)CCN1CC(C#N)CC1=O. The molecule has 1 unspecified atom stereocenters. The van der Waals surface area contributed by atoms with Crippen molar-refractivity contribution in [2.45, 2.75) is 20.3 Å².